The maximum atomic E-state index is 12.1. The number of hydrogen-bond donors (Lipinski definition) is 2. The first kappa shape index (κ1) is 14.0. The van der Waals surface area contributed by atoms with Crippen molar-refractivity contribution in [2.75, 3.05) is 5.75 Å². The topological polar surface area (TPSA) is 89.3 Å². The van der Waals surface area contributed by atoms with Crippen molar-refractivity contribution < 1.29 is 13.2 Å². The van der Waals surface area contributed by atoms with Crippen molar-refractivity contribution >= 4 is 15.7 Å². The van der Waals surface area contributed by atoms with Crippen LogP contribution < -0.4 is 11.1 Å². The third kappa shape index (κ3) is 2.26. The first-order chi connectivity index (χ1) is 8.79. The molecule has 2 rings (SSSR count). The van der Waals surface area contributed by atoms with Gasteiger partial charge in [0.1, 0.15) is 5.54 Å². The fourth-order valence-electron chi connectivity index (χ4n) is 2.59. The quantitative estimate of drug-likeness (QED) is 0.847. The third-order valence-corrected chi connectivity index (χ3v) is 5.15. The molecule has 0 saturated carbocycles. The van der Waals surface area contributed by atoms with Gasteiger partial charge in [0, 0.05) is 11.6 Å². The number of nitrogens with two attached hydrogens (primary N) is 1. The number of nitrogens with one attached hydrogen (secondary N) is 1. The van der Waals surface area contributed by atoms with E-state index in [-0.39, 0.29) is 23.1 Å². The zero-order chi connectivity index (χ0) is 14.3. The average Bonchev–Trinajstić information content (AvgIpc) is 2.33. The van der Waals surface area contributed by atoms with Crippen molar-refractivity contribution in [1.29, 1.82) is 0 Å². The van der Waals surface area contributed by atoms with E-state index in [0.29, 0.717) is 5.56 Å². The zero-order valence-electron chi connectivity index (χ0n) is 11.0. The van der Waals surface area contributed by atoms with Gasteiger partial charge in [0.05, 0.1) is 10.6 Å². The Hall–Kier alpha value is -1.40. The van der Waals surface area contributed by atoms with E-state index in [2.05, 4.69) is 5.32 Å². The molecule has 1 aromatic carbocycles. The van der Waals surface area contributed by atoms with Gasteiger partial charge in [0.2, 0.25) is 5.91 Å². The lowest BCUT2D eigenvalue weighted by atomic mass is 9.85. The SMILES string of the molecule is CC(C)NC1(C(N)=O)CCS(=O)(=O)c2ccccc21. The van der Waals surface area contributed by atoms with Crippen LogP contribution in [0.2, 0.25) is 0 Å². The number of benzene rings is 1. The van der Waals surface area contributed by atoms with E-state index < -0.39 is 21.3 Å². The van der Waals surface area contributed by atoms with Gasteiger partial charge in [-0.25, -0.2) is 8.42 Å². The summed E-state index contributed by atoms with van der Waals surface area (Å²) in [7, 11) is -3.33. The Morgan fingerprint density at radius 2 is 2.00 bits per heavy atom. The molecule has 3 N–H and O–H groups in total. The molecule has 1 unspecified atom stereocenters. The van der Waals surface area contributed by atoms with Crippen LogP contribution in [-0.4, -0.2) is 26.1 Å². The van der Waals surface area contributed by atoms with Crippen molar-refractivity contribution in [1.82, 2.24) is 5.32 Å². The summed E-state index contributed by atoms with van der Waals surface area (Å²) in [4.78, 5) is 12.2. The smallest absolute Gasteiger partial charge is 0.242 e. The standard InChI is InChI=1S/C13H18N2O3S/c1-9(2)15-13(12(14)16)7-8-19(17,18)11-6-4-3-5-10(11)13/h3-6,9,15H,7-8H2,1-2H3,(H2,14,16). The highest BCUT2D eigenvalue weighted by Crippen LogP contribution is 2.37. The van der Waals surface area contributed by atoms with Crippen LogP contribution in [0.25, 0.3) is 0 Å². The van der Waals surface area contributed by atoms with E-state index in [1.54, 1.807) is 18.2 Å². The van der Waals surface area contributed by atoms with Gasteiger partial charge in [-0.1, -0.05) is 18.2 Å². The Balaban J connectivity index is 2.69. The molecule has 1 heterocycles. The number of hydrogen-bond acceptors (Lipinski definition) is 4. The van der Waals surface area contributed by atoms with Gasteiger partial charge in [-0.2, -0.15) is 0 Å². The Labute approximate surface area is 113 Å². The normalized spacial score (nSPS) is 25.0. The van der Waals surface area contributed by atoms with Crippen LogP contribution in [0.5, 0.6) is 0 Å². The fraction of sp³-hybridized carbons (Fsp3) is 0.462. The van der Waals surface area contributed by atoms with Gasteiger partial charge in [-0.05, 0) is 26.3 Å². The molecule has 104 valence electrons. The molecule has 1 aliphatic heterocycles. The highest BCUT2D eigenvalue weighted by Gasteiger charge is 2.46. The first-order valence-corrected chi connectivity index (χ1v) is 7.85. The summed E-state index contributed by atoms with van der Waals surface area (Å²) >= 11 is 0. The average molecular weight is 282 g/mol. The van der Waals surface area contributed by atoms with Crippen LogP contribution in [0.4, 0.5) is 0 Å². The van der Waals surface area contributed by atoms with E-state index in [0.717, 1.165) is 0 Å². The molecule has 6 heteroatoms. The molecule has 1 aromatic rings. The molecule has 0 aliphatic carbocycles. The van der Waals surface area contributed by atoms with E-state index in [4.69, 9.17) is 5.73 Å². The molecule has 0 fully saturated rings. The van der Waals surface area contributed by atoms with Gasteiger partial charge in [0.25, 0.3) is 0 Å². The van der Waals surface area contributed by atoms with Crippen LogP contribution in [0, 0.1) is 0 Å². The maximum absolute atomic E-state index is 12.1. The van der Waals surface area contributed by atoms with Crippen molar-refractivity contribution in [3.63, 3.8) is 0 Å². The van der Waals surface area contributed by atoms with Crippen molar-refractivity contribution in [2.45, 2.75) is 36.7 Å². The van der Waals surface area contributed by atoms with Crippen molar-refractivity contribution in [2.24, 2.45) is 5.73 Å². The summed E-state index contributed by atoms with van der Waals surface area (Å²) in [6.07, 6.45) is 0.167. The largest absolute Gasteiger partial charge is 0.368 e. The number of fused-ring (bicyclic) bond motifs is 1. The van der Waals surface area contributed by atoms with E-state index in [1.165, 1.54) is 6.07 Å². The van der Waals surface area contributed by atoms with E-state index >= 15 is 0 Å². The molecule has 0 radical (unpaired) electrons. The molecule has 1 atom stereocenters. The zero-order valence-corrected chi connectivity index (χ0v) is 11.8. The Morgan fingerprint density at radius 1 is 1.37 bits per heavy atom. The number of sulfone groups is 1. The van der Waals surface area contributed by atoms with Crippen LogP contribution in [0.1, 0.15) is 25.8 Å². The summed E-state index contributed by atoms with van der Waals surface area (Å²) in [6.45, 7) is 3.80. The maximum Gasteiger partial charge on any atom is 0.242 e. The van der Waals surface area contributed by atoms with Gasteiger partial charge >= 0.3 is 0 Å². The summed E-state index contributed by atoms with van der Waals surface area (Å²) in [6, 6.07) is 6.58. The molecule has 5 nitrogen and oxygen atoms in total. The van der Waals surface area contributed by atoms with E-state index in [1.807, 2.05) is 13.8 Å². The molecule has 0 bridgehead atoms. The molecule has 1 amide bonds. The summed E-state index contributed by atoms with van der Waals surface area (Å²) < 4.78 is 24.2. The second-order valence-electron chi connectivity index (χ2n) is 5.13. The van der Waals surface area contributed by atoms with Gasteiger partial charge in [0.15, 0.2) is 9.84 Å². The van der Waals surface area contributed by atoms with Gasteiger partial charge in [-0.3, -0.25) is 10.1 Å². The van der Waals surface area contributed by atoms with Crippen molar-refractivity contribution in [3.8, 4) is 0 Å². The highest BCUT2D eigenvalue weighted by molar-refractivity contribution is 7.91. The molecule has 19 heavy (non-hydrogen) atoms. The minimum Gasteiger partial charge on any atom is -0.368 e. The monoisotopic (exact) mass is 282 g/mol. The Kier molecular flexibility index (Phi) is 3.40. The lowest BCUT2D eigenvalue weighted by molar-refractivity contribution is -0.125. The highest BCUT2D eigenvalue weighted by atomic mass is 32.2. The molecular formula is C13H18N2O3S. The lowest BCUT2D eigenvalue weighted by Crippen LogP contribution is -2.57. The first-order valence-electron chi connectivity index (χ1n) is 6.19. The number of amides is 1. The minimum atomic E-state index is -3.33. The van der Waals surface area contributed by atoms with Crippen LogP contribution in [0.15, 0.2) is 29.2 Å². The molecule has 1 aliphatic rings. The second kappa shape index (κ2) is 4.61. The minimum absolute atomic E-state index is 0.0151. The van der Waals surface area contributed by atoms with Crippen LogP contribution >= 0.6 is 0 Å². The van der Waals surface area contributed by atoms with Crippen molar-refractivity contribution in [3.05, 3.63) is 29.8 Å². The molecule has 0 spiro atoms. The Bertz CT molecular complexity index is 610. The predicted molar refractivity (Wildman–Crippen MR) is 72.3 cm³/mol. The summed E-state index contributed by atoms with van der Waals surface area (Å²) in [5, 5.41) is 3.15. The van der Waals surface area contributed by atoms with Gasteiger partial charge < -0.3 is 5.73 Å². The second-order valence-corrected chi connectivity index (χ2v) is 7.21. The Morgan fingerprint density at radius 3 is 2.58 bits per heavy atom. The number of primary amides is 1. The number of rotatable bonds is 3. The summed E-state index contributed by atoms with van der Waals surface area (Å²) in [5.74, 6) is -0.615. The molecule has 0 saturated heterocycles. The summed E-state index contributed by atoms with van der Waals surface area (Å²) in [5.41, 5.74) is 4.92. The fourth-order valence-corrected chi connectivity index (χ4v) is 4.25. The van der Waals surface area contributed by atoms with Crippen LogP contribution in [-0.2, 0) is 20.2 Å². The lowest BCUT2D eigenvalue weighted by Gasteiger charge is -2.38. The predicted octanol–water partition coefficient (Wildman–Crippen LogP) is 0.543. The molecule has 0 aromatic heterocycles. The number of carbonyl (C=O) groups excluding carboxylic acids is 1. The third-order valence-electron chi connectivity index (χ3n) is 3.38. The number of carbonyl (C=O) groups is 1. The van der Waals surface area contributed by atoms with E-state index in [9.17, 15) is 13.2 Å². The van der Waals surface area contributed by atoms with Crippen LogP contribution in [0.3, 0.4) is 0 Å². The molecular weight excluding hydrogens is 264 g/mol. The van der Waals surface area contributed by atoms with Gasteiger partial charge in [-0.15, -0.1) is 0 Å².